The fraction of sp³-hybridized carbons (Fsp3) is 0.143. The number of nitrogens with zero attached hydrogens (tertiary/aromatic N) is 1. The van der Waals surface area contributed by atoms with Gasteiger partial charge in [-0.1, -0.05) is 30.3 Å². The summed E-state index contributed by atoms with van der Waals surface area (Å²) in [6, 6.07) is 16.3. The minimum atomic E-state index is -0.00393. The third-order valence-electron chi connectivity index (χ3n) is 4.15. The molecule has 0 spiro atoms. The summed E-state index contributed by atoms with van der Waals surface area (Å²) in [5.74, 6) is -0.00393. The number of carbonyl (C=O) groups is 1. The molecule has 0 aliphatic carbocycles. The molecule has 3 heterocycles. The van der Waals surface area contributed by atoms with E-state index in [-0.39, 0.29) is 5.91 Å². The third kappa shape index (κ3) is 4.18. The van der Waals surface area contributed by atoms with Crippen LogP contribution in [-0.4, -0.2) is 17.4 Å². The minimum Gasteiger partial charge on any atom is -0.351 e. The Balaban J connectivity index is 1.37. The fourth-order valence-electron chi connectivity index (χ4n) is 2.84. The summed E-state index contributed by atoms with van der Waals surface area (Å²) in [5.41, 5.74) is 3.12. The summed E-state index contributed by atoms with van der Waals surface area (Å²) in [5, 5.41) is 8.21. The van der Waals surface area contributed by atoms with Gasteiger partial charge in [-0.3, -0.25) is 4.79 Å². The van der Waals surface area contributed by atoms with Gasteiger partial charge in [0.2, 0.25) is 0 Å². The van der Waals surface area contributed by atoms with Crippen molar-refractivity contribution in [2.75, 3.05) is 6.54 Å². The molecule has 4 rings (SSSR count). The van der Waals surface area contributed by atoms with Crippen molar-refractivity contribution < 1.29 is 4.79 Å². The predicted molar refractivity (Wildman–Crippen MR) is 116 cm³/mol. The van der Waals surface area contributed by atoms with Crippen LogP contribution in [0, 0.1) is 6.92 Å². The second-order valence-corrected chi connectivity index (χ2v) is 9.20. The Morgan fingerprint density at radius 2 is 1.93 bits per heavy atom. The molecule has 4 aromatic rings. The zero-order chi connectivity index (χ0) is 18.6. The van der Waals surface area contributed by atoms with Gasteiger partial charge in [0.1, 0.15) is 0 Å². The lowest BCUT2D eigenvalue weighted by molar-refractivity contribution is 0.0959. The molecule has 6 heteroatoms. The van der Waals surface area contributed by atoms with Crippen LogP contribution in [0.15, 0.2) is 59.3 Å². The van der Waals surface area contributed by atoms with Crippen LogP contribution in [0.4, 0.5) is 0 Å². The molecule has 3 nitrogen and oxygen atoms in total. The largest absolute Gasteiger partial charge is 0.351 e. The molecule has 3 aromatic heterocycles. The van der Waals surface area contributed by atoms with Gasteiger partial charge in [-0.05, 0) is 42.5 Å². The Morgan fingerprint density at radius 3 is 2.70 bits per heavy atom. The van der Waals surface area contributed by atoms with E-state index in [1.54, 1.807) is 22.7 Å². The van der Waals surface area contributed by atoms with Crippen molar-refractivity contribution in [3.05, 3.63) is 74.1 Å². The first-order chi connectivity index (χ1) is 13.2. The lowest BCUT2D eigenvalue weighted by Crippen LogP contribution is -2.25. The standard InChI is InChI=1S/C21H18N2OS3/c1-14-23-18(13-26-14)19-8-7-16(27-19)9-11-22-21(24)20-17(10-12-25-20)15-5-3-2-4-6-15/h2-8,10,12-13H,9,11H2,1H3,(H,22,24). The highest BCUT2D eigenvalue weighted by Crippen LogP contribution is 2.30. The highest BCUT2D eigenvalue weighted by atomic mass is 32.1. The molecule has 0 fully saturated rings. The van der Waals surface area contributed by atoms with Crippen molar-refractivity contribution in [3.8, 4) is 21.7 Å². The zero-order valence-corrected chi connectivity index (χ0v) is 17.2. The summed E-state index contributed by atoms with van der Waals surface area (Å²) in [4.78, 5) is 20.4. The van der Waals surface area contributed by atoms with Crippen LogP contribution in [0.3, 0.4) is 0 Å². The molecule has 0 saturated heterocycles. The van der Waals surface area contributed by atoms with E-state index in [4.69, 9.17) is 0 Å². The average molecular weight is 411 g/mol. The predicted octanol–water partition coefficient (Wildman–Crippen LogP) is 5.88. The molecular weight excluding hydrogens is 392 g/mol. The van der Waals surface area contributed by atoms with E-state index >= 15 is 0 Å². The van der Waals surface area contributed by atoms with Crippen molar-refractivity contribution in [3.63, 3.8) is 0 Å². The maximum atomic E-state index is 12.6. The Hall–Kier alpha value is -2.28. The van der Waals surface area contributed by atoms with E-state index in [0.29, 0.717) is 6.54 Å². The van der Waals surface area contributed by atoms with Crippen LogP contribution in [0.1, 0.15) is 19.6 Å². The summed E-state index contributed by atoms with van der Waals surface area (Å²) >= 11 is 4.90. The second-order valence-electron chi connectivity index (χ2n) is 6.05. The van der Waals surface area contributed by atoms with Gasteiger partial charge in [0.15, 0.2) is 0 Å². The molecular formula is C21H18N2OS3. The van der Waals surface area contributed by atoms with Gasteiger partial charge in [-0.25, -0.2) is 4.98 Å². The number of benzene rings is 1. The lowest BCUT2D eigenvalue weighted by Gasteiger charge is -2.06. The molecule has 0 bridgehead atoms. The van der Waals surface area contributed by atoms with Crippen molar-refractivity contribution in [2.45, 2.75) is 13.3 Å². The van der Waals surface area contributed by atoms with E-state index in [2.05, 4.69) is 27.8 Å². The fourth-order valence-corrected chi connectivity index (χ4v) is 5.32. The topological polar surface area (TPSA) is 42.0 Å². The van der Waals surface area contributed by atoms with Crippen molar-refractivity contribution >= 4 is 39.9 Å². The van der Waals surface area contributed by atoms with Crippen molar-refractivity contribution in [1.82, 2.24) is 10.3 Å². The molecule has 0 unspecified atom stereocenters. The first-order valence-corrected chi connectivity index (χ1v) is 11.2. The van der Waals surface area contributed by atoms with Crippen LogP contribution in [-0.2, 0) is 6.42 Å². The Kier molecular flexibility index (Phi) is 5.48. The number of carbonyl (C=O) groups excluding carboxylic acids is 1. The van der Waals surface area contributed by atoms with Crippen molar-refractivity contribution in [2.24, 2.45) is 0 Å². The Morgan fingerprint density at radius 1 is 1.07 bits per heavy atom. The van der Waals surface area contributed by atoms with Gasteiger partial charge in [0.25, 0.3) is 5.91 Å². The molecule has 27 heavy (non-hydrogen) atoms. The smallest absolute Gasteiger partial charge is 0.261 e. The Labute approximate surface area is 170 Å². The first-order valence-electron chi connectivity index (χ1n) is 8.63. The quantitative estimate of drug-likeness (QED) is 0.431. The van der Waals surface area contributed by atoms with Crippen LogP contribution in [0.5, 0.6) is 0 Å². The summed E-state index contributed by atoms with van der Waals surface area (Å²) < 4.78 is 0. The monoisotopic (exact) mass is 410 g/mol. The highest BCUT2D eigenvalue weighted by molar-refractivity contribution is 7.16. The highest BCUT2D eigenvalue weighted by Gasteiger charge is 2.14. The number of thiophene rings is 2. The van der Waals surface area contributed by atoms with E-state index in [1.807, 2.05) is 48.7 Å². The first kappa shape index (κ1) is 18.1. The number of thiazole rings is 1. The number of nitrogens with one attached hydrogen (secondary N) is 1. The molecule has 0 saturated carbocycles. The SMILES string of the molecule is Cc1nc(-c2ccc(CCNC(=O)c3sccc3-c3ccccc3)s2)cs1. The molecule has 0 aliphatic heterocycles. The number of rotatable bonds is 6. The molecule has 0 atom stereocenters. The number of hydrogen-bond acceptors (Lipinski definition) is 5. The second kappa shape index (κ2) is 8.17. The maximum Gasteiger partial charge on any atom is 0.261 e. The molecule has 1 amide bonds. The molecule has 1 aromatic carbocycles. The number of hydrogen-bond donors (Lipinski definition) is 1. The molecule has 1 N–H and O–H groups in total. The van der Waals surface area contributed by atoms with Crippen LogP contribution >= 0.6 is 34.0 Å². The van der Waals surface area contributed by atoms with Gasteiger partial charge in [0.05, 0.1) is 20.5 Å². The number of amides is 1. The van der Waals surface area contributed by atoms with E-state index in [1.165, 1.54) is 21.1 Å². The summed E-state index contributed by atoms with van der Waals surface area (Å²) in [6.45, 7) is 2.65. The van der Waals surface area contributed by atoms with E-state index in [9.17, 15) is 4.79 Å². The van der Waals surface area contributed by atoms with Gasteiger partial charge in [-0.15, -0.1) is 34.0 Å². The van der Waals surface area contributed by atoms with Crippen LogP contribution in [0.2, 0.25) is 0 Å². The maximum absolute atomic E-state index is 12.6. The lowest BCUT2D eigenvalue weighted by atomic mass is 10.1. The van der Waals surface area contributed by atoms with Crippen LogP contribution in [0.25, 0.3) is 21.7 Å². The zero-order valence-electron chi connectivity index (χ0n) is 14.8. The molecule has 0 aliphatic rings. The van der Waals surface area contributed by atoms with Gasteiger partial charge < -0.3 is 5.32 Å². The summed E-state index contributed by atoms with van der Waals surface area (Å²) in [6.07, 6.45) is 0.825. The minimum absolute atomic E-state index is 0.00393. The average Bonchev–Trinajstić information content (AvgIpc) is 3.42. The van der Waals surface area contributed by atoms with Crippen LogP contribution < -0.4 is 5.32 Å². The molecule has 136 valence electrons. The normalized spacial score (nSPS) is 10.9. The van der Waals surface area contributed by atoms with E-state index in [0.717, 1.165) is 33.1 Å². The number of aryl methyl sites for hydroxylation is 1. The Bertz CT molecular complexity index is 1050. The van der Waals surface area contributed by atoms with Gasteiger partial charge in [0, 0.05) is 22.4 Å². The number of aromatic nitrogens is 1. The van der Waals surface area contributed by atoms with E-state index < -0.39 is 0 Å². The third-order valence-corrected chi connectivity index (χ3v) is 7.00. The van der Waals surface area contributed by atoms with Gasteiger partial charge >= 0.3 is 0 Å². The van der Waals surface area contributed by atoms with Crippen molar-refractivity contribution in [1.29, 1.82) is 0 Å². The summed E-state index contributed by atoms with van der Waals surface area (Å²) in [7, 11) is 0. The molecule has 0 radical (unpaired) electrons. The van der Waals surface area contributed by atoms with Gasteiger partial charge in [-0.2, -0.15) is 0 Å².